The third-order valence-corrected chi connectivity index (χ3v) is 3.56. The summed E-state index contributed by atoms with van der Waals surface area (Å²) in [4.78, 5) is 12.2. The lowest BCUT2D eigenvalue weighted by atomic mass is 10.1. The van der Waals surface area contributed by atoms with Crippen LogP contribution in [0.2, 0.25) is 5.02 Å². The van der Waals surface area contributed by atoms with Crippen LogP contribution >= 0.6 is 11.6 Å². The summed E-state index contributed by atoms with van der Waals surface area (Å²) in [6.45, 7) is 3.57. The van der Waals surface area contributed by atoms with Crippen LogP contribution in [0.1, 0.15) is 17.0 Å². The van der Waals surface area contributed by atoms with Crippen LogP contribution in [-0.4, -0.2) is 25.3 Å². The molecule has 1 aromatic heterocycles. The second-order valence-electron chi connectivity index (χ2n) is 4.71. The number of aromatic nitrogens is 1. The van der Waals surface area contributed by atoms with Crippen LogP contribution in [0, 0.1) is 13.8 Å². The van der Waals surface area contributed by atoms with Crippen molar-refractivity contribution in [3.8, 4) is 11.5 Å². The van der Waals surface area contributed by atoms with Gasteiger partial charge in [-0.2, -0.15) is 0 Å². The zero-order valence-corrected chi connectivity index (χ0v) is 13.6. The monoisotopic (exact) mass is 324 g/mol. The molecule has 118 valence electrons. The fourth-order valence-electron chi connectivity index (χ4n) is 2.07. The van der Waals surface area contributed by atoms with Crippen LogP contribution in [-0.2, 0) is 11.2 Å². The molecule has 1 amide bonds. The van der Waals surface area contributed by atoms with Crippen molar-refractivity contribution in [3.63, 3.8) is 0 Å². The molecule has 1 heterocycles. The molecule has 0 aliphatic rings. The summed E-state index contributed by atoms with van der Waals surface area (Å²) in [5.74, 6) is 1.36. The zero-order chi connectivity index (χ0) is 16.3. The number of aryl methyl sites for hydroxylation is 2. The molecule has 0 spiro atoms. The maximum atomic E-state index is 12.2. The Kier molecular flexibility index (Phi) is 4.92. The molecule has 7 heteroatoms. The summed E-state index contributed by atoms with van der Waals surface area (Å²) in [6.07, 6.45) is 0.161. The van der Waals surface area contributed by atoms with Gasteiger partial charge in [-0.25, -0.2) is 0 Å². The van der Waals surface area contributed by atoms with Gasteiger partial charge in [-0.1, -0.05) is 16.8 Å². The smallest absolute Gasteiger partial charge is 0.229 e. The van der Waals surface area contributed by atoms with Gasteiger partial charge >= 0.3 is 0 Å². The molecule has 2 rings (SSSR count). The number of halogens is 1. The zero-order valence-electron chi connectivity index (χ0n) is 12.8. The van der Waals surface area contributed by atoms with Crippen molar-refractivity contribution >= 4 is 23.2 Å². The van der Waals surface area contributed by atoms with Gasteiger partial charge in [0.2, 0.25) is 5.91 Å². The lowest BCUT2D eigenvalue weighted by molar-refractivity contribution is -0.115. The van der Waals surface area contributed by atoms with E-state index in [1.807, 2.05) is 0 Å². The van der Waals surface area contributed by atoms with Crippen LogP contribution in [0.15, 0.2) is 16.7 Å². The van der Waals surface area contributed by atoms with E-state index in [0.29, 0.717) is 33.7 Å². The van der Waals surface area contributed by atoms with Crippen molar-refractivity contribution in [2.45, 2.75) is 20.3 Å². The van der Waals surface area contributed by atoms with Gasteiger partial charge in [0.1, 0.15) is 17.3 Å². The Morgan fingerprint density at radius 2 is 1.95 bits per heavy atom. The highest BCUT2D eigenvalue weighted by Crippen LogP contribution is 2.35. The van der Waals surface area contributed by atoms with E-state index in [-0.39, 0.29) is 12.3 Å². The normalized spacial score (nSPS) is 10.4. The number of nitrogens with one attached hydrogen (secondary N) is 1. The minimum atomic E-state index is -0.214. The number of nitrogens with zero attached hydrogens (tertiary/aromatic N) is 1. The highest BCUT2D eigenvalue weighted by atomic mass is 35.5. The maximum Gasteiger partial charge on any atom is 0.229 e. The van der Waals surface area contributed by atoms with Gasteiger partial charge < -0.3 is 19.3 Å². The number of carbonyl (C=O) groups excluding carboxylic acids is 1. The lowest BCUT2D eigenvalue weighted by Crippen LogP contribution is -2.16. The lowest BCUT2D eigenvalue weighted by Gasteiger charge is -2.13. The molecule has 2 aromatic rings. The topological polar surface area (TPSA) is 73.6 Å². The van der Waals surface area contributed by atoms with E-state index in [0.717, 1.165) is 5.56 Å². The first-order chi connectivity index (χ1) is 10.5. The Labute approximate surface area is 133 Å². The molecular formula is C15H17ClN2O4. The second-order valence-corrected chi connectivity index (χ2v) is 5.12. The Hall–Kier alpha value is -2.21. The quantitative estimate of drug-likeness (QED) is 0.914. The first-order valence-electron chi connectivity index (χ1n) is 6.59. The molecule has 0 saturated heterocycles. The summed E-state index contributed by atoms with van der Waals surface area (Å²) in [6, 6.07) is 3.21. The number of anilines is 1. The van der Waals surface area contributed by atoms with E-state index >= 15 is 0 Å². The summed E-state index contributed by atoms with van der Waals surface area (Å²) < 4.78 is 15.4. The average molecular weight is 325 g/mol. The molecular weight excluding hydrogens is 308 g/mol. The molecule has 1 aromatic carbocycles. The molecule has 6 nitrogen and oxygen atoms in total. The van der Waals surface area contributed by atoms with Crippen LogP contribution in [0.25, 0.3) is 0 Å². The van der Waals surface area contributed by atoms with Crippen LogP contribution in [0.3, 0.4) is 0 Å². The number of hydrogen-bond acceptors (Lipinski definition) is 5. The molecule has 0 unspecified atom stereocenters. The fourth-order valence-corrected chi connectivity index (χ4v) is 2.31. The number of benzene rings is 1. The Bertz CT molecular complexity index is 678. The van der Waals surface area contributed by atoms with E-state index in [1.54, 1.807) is 26.0 Å². The number of methoxy groups -OCH3 is 2. The van der Waals surface area contributed by atoms with Gasteiger partial charge in [0.05, 0.1) is 37.0 Å². The minimum Gasteiger partial charge on any atom is -0.495 e. The van der Waals surface area contributed by atoms with E-state index in [9.17, 15) is 4.79 Å². The van der Waals surface area contributed by atoms with Gasteiger partial charge in [-0.05, 0) is 19.9 Å². The maximum absolute atomic E-state index is 12.2. The van der Waals surface area contributed by atoms with Crippen molar-refractivity contribution in [1.82, 2.24) is 5.16 Å². The molecule has 0 aliphatic carbocycles. The first-order valence-corrected chi connectivity index (χ1v) is 6.97. The summed E-state index contributed by atoms with van der Waals surface area (Å²) >= 11 is 6.08. The Morgan fingerprint density at radius 1 is 1.27 bits per heavy atom. The number of ether oxygens (including phenoxy) is 2. The van der Waals surface area contributed by atoms with Crippen LogP contribution < -0.4 is 14.8 Å². The van der Waals surface area contributed by atoms with Crippen LogP contribution in [0.5, 0.6) is 11.5 Å². The highest BCUT2D eigenvalue weighted by molar-refractivity contribution is 6.32. The standard InChI is InChI=1S/C15H17ClN2O4/c1-8-10(9(2)22-18-8)5-15(19)17-12-6-11(16)13(20-3)7-14(12)21-4/h6-7H,5H2,1-4H3,(H,17,19). The van der Waals surface area contributed by atoms with E-state index in [4.69, 9.17) is 25.6 Å². The van der Waals surface area contributed by atoms with Gasteiger partial charge in [0.25, 0.3) is 0 Å². The van der Waals surface area contributed by atoms with Crippen molar-refractivity contribution in [3.05, 3.63) is 34.2 Å². The van der Waals surface area contributed by atoms with Gasteiger partial charge in [-0.3, -0.25) is 4.79 Å². The highest BCUT2D eigenvalue weighted by Gasteiger charge is 2.16. The molecule has 0 atom stereocenters. The molecule has 0 aliphatic heterocycles. The Morgan fingerprint density at radius 3 is 2.50 bits per heavy atom. The molecule has 0 fully saturated rings. The molecule has 0 bridgehead atoms. The predicted octanol–water partition coefficient (Wildman–Crippen LogP) is 3.14. The minimum absolute atomic E-state index is 0.161. The van der Waals surface area contributed by atoms with E-state index in [2.05, 4.69) is 10.5 Å². The number of hydrogen-bond donors (Lipinski definition) is 1. The molecule has 0 saturated carbocycles. The van der Waals surface area contributed by atoms with Crippen molar-refractivity contribution in [1.29, 1.82) is 0 Å². The van der Waals surface area contributed by atoms with Crippen molar-refractivity contribution in [2.24, 2.45) is 0 Å². The Balaban J connectivity index is 2.19. The van der Waals surface area contributed by atoms with Gasteiger partial charge in [0.15, 0.2) is 0 Å². The summed E-state index contributed by atoms with van der Waals surface area (Å²) in [7, 11) is 3.02. The third kappa shape index (κ3) is 3.33. The average Bonchev–Trinajstić information content (AvgIpc) is 2.79. The van der Waals surface area contributed by atoms with E-state index in [1.165, 1.54) is 14.2 Å². The molecule has 22 heavy (non-hydrogen) atoms. The second kappa shape index (κ2) is 6.70. The summed E-state index contributed by atoms with van der Waals surface area (Å²) in [5, 5.41) is 6.99. The number of carbonyl (C=O) groups is 1. The predicted molar refractivity (Wildman–Crippen MR) is 82.9 cm³/mol. The number of amides is 1. The van der Waals surface area contributed by atoms with E-state index < -0.39 is 0 Å². The third-order valence-electron chi connectivity index (χ3n) is 3.27. The van der Waals surface area contributed by atoms with Gasteiger partial charge in [0, 0.05) is 11.6 Å². The fraction of sp³-hybridized carbons (Fsp3) is 0.333. The summed E-state index contributed by atoms with van der Waals surface area (Å²) in [5.41, 5.74) is 1.95. The van der Waals surface area contributed by atoms with Crippen molar-refractivity contribution < 1.29 is 18.8 Å². The number of rotatable bonds is 5. The largest absolute Gasteiger partial charge is 0.495 e. The molecule has 1 N–H and O–H groups in total. The van der Waals surface area contributed by atoms with Crippen LogP contribution in [0.4, 0.5) is 5.69 Å². The molecule has 0 radical (unpaired) electrons. The first kappa shape index (κ1) is 16.2. The van der Waals surface area contributed by atoms with Gasteiger partial charge in [-0.15, -0.1) is 0 Å². The SMILES string of the molecule is COc1cc(OC)c(NC(=O)Cc2c(C)noc2C)cc1Cl. The van der Waals surface area contributed by atoms with Crippen molar-refractivity contribution in [2.75, 3.05) is 19.5 Å².